The summed E-state index contributed by atoms with van der Waals surface area (Å²) < 4.78 is 7.08. The molecule has 1 amide bonds. The third kappa shape index (κ3) is 4.91. The molecule has 164 valence electrons. The molecule has 1 aromatic carbocycles. The molecule has 3 aromatic heterocycles. The minimum atomic E-state index is -0.147. The van der Waals surface area contributed by atoms with Crippen LogP contribution in [0.15, 0.2) is 53.2 Å². The van der Waals surface area contributed by atoms with Gasteiger partial charge in [0, 0.05) is 24.1 Å². The van der Waals surface area contributed by atoms with Crippen molar-refractivity contribution >= 4 is 11.6 Å². The highest BCUT2D eigenvalue weighted by Gasteiger charge is 2.12. The van der Waals surface area contributed by atoms with Gasteiger partial charge in [0.15, 0.2) is 5.82 Å². The second kappa shape index (κ2) is 9.13. The van der Waals surface area contributed by atoms with Gasteiger partial charge in [0.25, 0.3) is 0 Å². The molecule has 0 saturated carbocycles. The minimum Gasteiger partial charge on any atom is -0.339 e. The molecule has 0 aliphatic heterocycles. The fourth-order valence-corrected chi connectivity index (χ4v) is 3.38. The number of nitrogens with one attached hydrogen (secondary N) is 1. The Morgan fingerprint density at radius 3 is 2.53 bits per heavy atom. The van der Waals surface area contributed by atoms with Gasteiger partial charge < -0.3 is 9.84 Å². The molecule has 0 saturated heterocycles. The first kappa shape index (κ1) is 21.4. The van der Waals surface area contributed by atoms with Crippen LogP contribution < -0.4 is 5.32 Å². The first-order chi connectivity index (χ1) is 15.4. The molecule has 0 radical (unpaired) electrons. The molecule has 0 fully saturated rings. The lowest BCUT2D eigenvalue weighted by atomic mass is 10.0. The number of aromatic nitrogens is 5. The summed E-state index contributed by atoms with van der Waals surface area (Å²) in [4.78, 5) is 21.1. The van der Waals surface area contributed by atoms with Crippen LogP contribution in [0.2, 0.25) is 0 Å². The molecular formula is C24H26N6O2. The first-order valence-electron chi connectivity index (χ1n) is 10.6. The Bertz CT molecular complexity index is 1210. The molecule has 0 aliphatic rings. The molecule has 0 unspecified atom stereocenters. The van der Waals surface area contributed by atoms with Gasteiger partial charge in [0.2, 0.25) is 17.6 Å². The Hall–Kier alpha value is -3.81. The van der Waals surface area contributed by atoms with E-state index < -0.39 is 0 Å². The Kier molecular flexibility index (Phi) is 6.11. The first-order valence-corrected chi connectivity index (χ1v) is 10.6. The van der Waals surface area contributed by atoms with Crippen LogP contribution in [-0.4, -0.2) is 30.8 Å². The van der Waals surface area contributed by atoms with Crippen LogP contribution in [0.3, 0.4) is 0 Å². The number of hydrogen-bond acceptors (Lipinski definition) is 6. The fraction of sp³-hybridized carbons (Fsp3) is 0.292. The molecule has 0 spiro atoms. The summed E-state index contributed by atoms with van der Waals surface area (Å²) in [5, 5.41) is 11.3. The zero-order valence-electron chi connectivity index (χ0n) is 18.7. The summed E-state index contributed by atoms with van der Waals surface area (Å²) in [6, 6.07) is 13.7. The van der Waals surface area contributed by atoms with E-state index in [1.807, 2.05) is 44.2 Å². The van der Waals surface area contributed by atoms with Crippen molar-refractivity contribution in [1.29, 1.82) is 0 Å². The van der Waals surface area contributed by atoms with Gasteiger partial charge in [-0.25, -0.2) is 9.67 Å². The quantitative estimate of drug-likeness (QED) is 0.459. The Labute approximate surface area is 186 Å². The number of amides is 1. The van der Waals surface area contributed by atoms with Gasteiger partial charge in [-0.15, -0.1) is 0 Å². The lowest BCUT2D eigenvalue weighted by molar-refractivity contribution is -0.116. The van der Waals surface area contributed by atoms with Crippen LogP contribution in [0.25, 0.3) is 17.2 Å². The second-order valence-corrected chi connectivity index (χ2v) is 8.08. The second-order valence-electron chi connectivity index (χ2n) is 8.08. The fourth-order valence-electron chi connectivity index (χ4n) is 3.38. The highest BCUT2D eigenvalue weighted by Crippen LogP contribution is 2.21. The largest absolute Gasteiger partial charge is 0.339 e. The van der Waals surface area contributed by atoms with Crippen molar-refractivity contribution in [2.45, 2.75) is 46.5 Å². The molecule has 8 nitrogen and oxygen atoms in total. The van der Waals surface area contributed by atoms with Gasteiger partial charge in [-0.1, -0.05) is 43.3 Å². The lowest BCUT2D eigenvalue weighted by Crippen LogP contribution is -2.13. The van der Waals surface area contributed by atoms with Crippen LogP contribution in [0.4, 0.5) is 5.69 Å². The van der Waals surface area contributed by atoms with E-state index in [2.05, 4.69) is 51.5 Å². The number of hydrogen-bond donors (Lipinski definition) is 1. The topological polar surface area (TPSA) is 98.7 Å². The molecule has 0 atom stereocenters. The molecule has 32 heavy (non-hydrogen) atoms. The number of carbonyl (C=O) groups excluding carboxylic acids is 1. The van der Waals surface area contributed by atoms with Crippen molar-refractivity contribution in [2.75, 3.05) is 5.32 Å². The Morgan fingerprint density at radius 2 is 1.91 bits per heavy atom. The van der Waals surface area contributed by atoms with E-state index in [4.69, 9.17) is 4.52 Å². The predicted molar refractivity (Wildman–Crippen MR) is 122 cm³/mol. The predicted octanol–water partition coefficient (Wildman–Crippen LogP) is 4.63. The van der Waals surface area contributed by atoms with Gasteiger partial charge in [-0.05, 0) is 43.5 Å². The molecule has 1 N–H and O–H groups in total. The SMILES string of the molecule is Cc1cc(C)n(-c2ccc(NC(=O)CCc3nc(-c4ccc(C(C)C)cc4)no3)cn2)n1. The summed E-state index contributed by atoms with van der Waals surface area (Å²) >= 11 is 0. The van der Waals surface area contributed by atoms with E-state index in [9.17, 15) is 4.79 Å². The van der Waals surface area contributed by atoms with E-state index in [-0.39, 0.29) is 12.3 Å². The number of pyridine rings is 1. The van der Waals surface area contributed by atoms with E-state index >= 15 is 0 Å². The number of anilines is 1. The van der Waals surface area contributed by atoms with Crippen molar-refractivity contribution in [3.05, 3.63) is 71.5 Å². The van der Waals surface area contributed by atoms with Crippen molar-refractivity contribution in [1.82, 2.24) is 24.9 Å². The van der Waals surface area contributed by atoms with Gasteiger partial charge in [0.1, 0.15) is 0 Å². The van der Waals surface area contributed by atoms with Crippen molar-refractivity contribution in [3.63, 3.8) is 0 Å². The number of benzene rings is 1. The van der Waals surface area contributed by atoms with Crippen molar-refractivity contribution < 1.29 is 9.32 Å². The van der Waals surface area contributed by atoms with Gasteiger partial charge in [-0.2, -0.15) is 10.1 Å². The van der Waals surface area contributed by atoms with E-state index in [0.717, 1.165) is 17.0 Å². The summed E-state index contributed by atoms with van der Waals surface area (Å²) in [6.07, 6.45) is 2.21. The average molecular weight is 431 g/mol. The maximum absolute atomic E-state index is 12.3. The molecule has 0 aliphatic carbocycles. The molecule has 4 aromatic rings. The molecule has 8 heteroatoms. The molecule has 4 rings (SSSR count). The van der Waals surface area contributed by atoms with Crippen LogP contribution in [0.5, 0.6) is 0 Å². The highest BCUT2D eigenvalue weighted by atomic mass is 16.5. The van der Waals surface area contributed by atoms with Crippen molar-refractivity contribution in [2.24, 2.45) is 0 Å². The van der Waals surface area contributed by atoms with Gasteiger partial charge in [0.05, 0.1) is 17.6 Å². The molecule has 0 bridgehead atoms. The summed E-state index contributed by atoms with van der Waals surface area (Å²) in [6.45, 7) is 8.21. The standard InChI is InChI=1S/C24H26N6O2/c1-15(2)18-5-7-19(8-6-18)24-27-23(32-29-24)12-11-22(31)26-20-9-10-21(25-14-20)30-17(4)13-16(3)28-30/h5-10,13-15H,11-12H2,1-4H3,(H,26,31). The zero-order chi connectivity index (χ0) is 22.7. The zero-order valence-corrected chi connectivity index (χ0v) is 18.7. The third-order valence-electron chi connectivity index (χ3n) is 5.13. The van der Waals surface area contributed by atoms with Crippen LogP contribution in [-0.2, 0) is 11.2 Å². The maximum Gasteiger partial charge on any atom is 0.227 e. The number of nitrogens with zero attached hydrogens (tertiary/aromatic N) is 5. The summed E-state index contributed by atoms with van der Waals surface area (Å²) in [5.74, 6) is 1.98. The number of carbonyl (C=O) groups is 1. The molecule has 3 heterocycles. The number of rotatable bonds is 7. The van der Waals surface area contributed by atoms with Gasteiger partial charge >= 0.3 is 0 Å². The van der Waals surface area contributed by atoms with Crippen LogP contribution in [0.1, 0.15) is 49.0 Å². The van der Waals surface area contributed by atoms with Crippen molar-refractivity contribution in [3.8, 4) is 17.2 Å². The highest BCUT2D eigenvalue weighted by molar-refractivity contribution is 5.90. The minimum absolute atomic E-state index is 0.147. The third-order valence-corrected chi connectivity index (χ3v) is 5.13. The van der Waals surface area contributed by atoms with E-state index in [1.165, 1.54) is 5.56 Å². The maximum atomic E-state index is 12.3. The number of aryl methyl sites for hydroxylation is 3. The van der Waals surface area contributed by atoms with Crippen LogP contribution >= 0.6 is 0 Å². The Balaban J connectivity index is 1.32. The monoisotopic (exact) mass is 430 g/mol. The normalized spacial score (nSPS) is 11.2. The molecular weight excluding hydrogens is 404 g/mol. The average Bonchev–Trinajstić information content (AvgIpc) is 3.39. The lowest BCUT2D eigenvalue weighted by Gasteiger charge is -2.06. The Morgan fingerprint density at radius 1 is 1.12 bits per heavy atom. The smallest absolute Gasteiger partial charge is 0.227 e. The van der Waals surface area contributed by atoms with Crippen LogP contribution in [0, 0.1) is 13.8 Å². The van der Waals surface area contributed by atoms with E-state index in [0.29, 0.717) is 35.6 Å². The summed E-state index contributed by atoms with van der Waals surface area (Å²) in [5.41, 5.74) is 4.70. The van der Waals surface area contributed by atoms with E-state index in [1.54, 1.807) is 10.9 Å². The summed E-state index contributed by atoms with van der Waals surface area (Å²) in [7, 11) is 0. The van der Waals surface area contributed by atoms with Gasteiger partial charge in [-0.3, -0.25) is 4.79 Å².